The highest BCUT2D eigenvalue weighted by Gasteiger charge is 2.33. The number of hydrogen-bond acceptors (Lipinski definition) is 2. The fourth-order valence-electron chi connectivity index (χ4n) is 2.67. The fourth-order valence-corrected chi connectivity index (χ4v) is 2.67. The number of carbonyl (C=O) groups is 2. The highest BCUT2D eigenvalue weighted by Crippen LogP contribution is 2.21. The molecule has 0 saturated carbocycles. The van der Waals surface area contributed by atoms with Crippen molar-refractivity contribution in [1.82, 2.24) is 5.32 Å². The van der Waals surface area contributed by atoms with Crippen LogP contribution < -0.4 is 15.5 Å². The van der Waals surface area contributed by atoms with E-state index in [1.807, 2.05) is 30.3 Å². The van der Waals surface area contributed by atoms with E-state index in [0.29, 0.717) is 24.2 Å². The second-order valence-electron chi connectivity index (χ2n) is 5.73. The van der Waals surface area contributed by atoms with Crippen molar-refractivity contribution in [3.05, 3.63) is 59.9 Å². The van der Waals surface area contributed by atoms with E-state index in [0.717, 1.165) is 5.69 Å². The maximum absolute atomic E-state index is 13.5. The van der Waals surface area contributed by atoms with Crippen molar-refractivity contribution in [1.29, 1.82) is 0 Å². The average molecular weight is 327 g/mol. The molecule has 5 nitrogen and oxygen atoms in total. The minimum absolute atomic E-state index is 0.147. The maximum atomic E-state index is 13.5. The molecule has 0 radical (unpaired) electrons. The number of aryl methyl sites for hydroxylation is 1. The Bertz CT molecular complexity index is 764. The number of halogens is 1. The Hall–Kier alpha value is -2.89. The van der Waals surface area contributed by atoms with Crippen LogP contribution in [0.3, 0.4) is 0 Å². The lowest BCUT2D eigenvalue weighted by Crippen LogP contribution is -2.43. The lowest BCUT2D eigenvalue weighted by molar-refractivity contribution is -0.118. The standard InChI is InChI=1S/C18H18FN3O2/c1-12-7-8-13(11-15(12)19)20-18(24)21-16-9-10-22(17(16)23)14-5-3-2-4-6-14/h2-8,11,16H,9-10H2,1H3,(H2,20,21,24). The van der Waals surface area contributed by atoms with Gasteiger partial charge in [-0.05, 0) is 43.2 Å². The molecule has 3 amide bonds. The molecule has 0 aliphatic carbocycles. The minimum Gasteiger partial charge on any atom is -0.326 e. The zero-order valence-corrected chi connectivity index (χ0v) is 13.3. The number of amides is 3. The topological polar surface area (TPSA) is 61.4 Å². The first-order valence-corrected chi connectivity index (χ1v) is 7.74. The molecule has 24 heavy (non-hydrogen) atoms. The number of carbonyl (C=O) groups excluding carboxylic acids is 2. The zero-order chi connectivity index (χ0) is 17.1. The van der Waals surface area contributed by atoms with Crippen LogP contribution in [-0.2, 0) is 4.79 Å². The summed E-state index contributed by atoms with van der Waals surface area (Å²) in [4.78, 5) is 26.1. The van der Waals surface area contributed by atoms with Crippen molar-refractivity contribution in [2.45, 2.75) is 19.4 Å². The lowest BCUT2D eigenvalue weighted by Gasteiger charge is -2.17. The molecule has 2 N–H and O–H groups in total. The van der Waals surface area contributed by atoms with Gasteiger partial charge in [-0.2, -0.15) is 0 Å². The van der Waals surface area contributed by atoms with Crippen LogP contribution in [0.15, 0.2) is 48.5 Å². The SMILES string of the molecule is Cc1ccc(NC(=O)NC2CCN(c3ccccc3)C2=O)cc1F. The number of para-hydroxylation sites is 1. The number of anilines is 2. The van der Waals surface area contributed by atoms with E-state index in [-0.39, 0.29) is 11.7 Å². The number of benzene rings is 2. The highest BCUT2D eigenvalue weighted by molar-refractivity contribution is 6.02. The zero-order valence-electron chi connectivity index (χ0n) is 13.3. The monoisotopic (exact) mass is 327 g/mol. The summed E-state index contributed by atoms with van der Waals surface area (Å²) >= 11 is 0. The molecule has 2 aromatic rings. The van der Waals surface area contributed by atoms with E-state index in [1.165, 1.54) is 6.07 Å². The van der Waals surface area contributed by atoms with E-state index < -0.39 is 12.1 Å². The van der Waals surface area contributed by atoms with E-state index >= 15 is 0 Å². The van der Waals surface area contributed by atoms with Gasteiger partial charge in [0.1, 0.15) is 11.9 Å². The van der Waals surface area contributed by atoms with Gasteiger partial charge in [0.25, 0.3) is 0 Å². The van der Waals surface area contributed by atoms with E-state index in [1.54, 1.807) is 24.0 Å². The fraction of sp³-hybridized carbons (Fsp3) is 0.222. The molecule has 1 atom stereocenters. The Labute approximate surface area is 139 Å². The molecule has 0 aromatic heterocycles. The molecule has 6 heteroatoms. The van der Waals surface area contributed by atoms with Gasteiger partial charge in [0.05, 0.1) is 0 Å². The maximum Gasteiger partial charge on any atom is 0.319 e. The van der Waals surface area contributed by atoms with Crippen LogP contribution in [0.5, 0.6) is 0 Å². The molecule has 2 aromatic carbocycles. The summed E-state index contributed by atoms with van der Waals surface area (Å²) in [7, 11) is 0. The number of urea groups is 1. The van der Waals surface area contributed by atoms with Crippen molar-refractivity contribution in [3.63, 3.8) is 0 Å². The molecule has 1 heterocycles. The van der Waals surface area contributed by atoms with Gasteiger partial charge in [-0.3, -0.25) is 4.79 Å². The van der Waals surface area contributed by atoms with Crippen LogP contribution >= 0.6 is 0 Å². The van der Waals surface area contributed by atoms with Gasteiger partial charge in [-0.25, -0.2) is 9.18 Å². The normalized spacial score (nSPS) is 17.0. The van der Waals surface area contributed by atoms with Crippen molar-refractivity contribution < 1.29 is 14.0 Å². The van der Waals surface area contributed by atoms with E-state index in [4.69, 9.17) is 0 Å². The largest absolute Gasteiger partial charge is 0.326 e. The third-order valence-electron chi connectivity index (χ3n) is 4.01. The van der Waals surface area contributed by atoms with Crippen molar-refractivity contribution in [2.75, 3.05) is 16.8 Å². The Morgan fingerprint density at radius 2 is 1.96 bits per heavy atom. The second-order valence-corrected chi connectivity index (χ2v) is 5.73. The van der Waals surface area contributed by atoms with Crippen LogP contribution in [0, 0.1) is 12.7 Å². The van der Waals surface area contributed by atoms with Gasteiger partial charge >= 0.3 is 6.03 Å². The van der Waals surface area contributed by atoms with Gasteiger partial charge in [0.2, 0.25) is 5.91 Å². The van der Waals surface area contributed by atoms with Gasteiger partial charge in [0, 0.05) is 17.9 Å². The van der Waals surface area contributed by atoms with E-state index in [2.05, 4.69) is 10.6 Å². The molecule has 0 bridgehead atoms. The summed E-state index contributed by atoms with van der Waals surface area (Å²) < 4.78 is 13.5. The first kappa shape index (κ1) is 16.0. The van der Waals surface area contributed by atoms with Crippen LogP contribution in [0.1, 0.15) is 12.0 Å². The van der Waals surface area contributed by atoms with Gasteiger partial charge in [-0.1, -0.05) is 24.3 Å². The molecular weight excluding hydrogens is 309 g/mol. The second kappa shape index (κ2) is 6.70. The number of hydrogen-bond donors (Lipinski definition) is 2. The first-order valence-electron chi connectivity index (χ1n) is 7.74. The first-order chi connectivity index (χ1) is 11.5. The molecule has 1 fully saturated rings. The predicted octanol–water partition coefficient (Wildman–Crippen LogP) is 3.06. The summed E-state index contributed by atoms with van der Waals surface area (Å²) in [5.74, 6) is -0.536. The number of nitrogens with one attached hydrogen (secondary N) is 2. The third-order valence-corrected chi connectivity index (χ3v) is 4.01. The van der Waals surface area contributed by atoms with Crippen LogP contribution in [0.4, 0.5) is 20.6 Å². The molecule has 3 rings (SSSR count). The molecule has 0 spiro atoms. The Balaban J connectivity index is 1.61. The Morgan fingerprint density at radius 1 is 1.21 bits per heavy atom. The van der Waals surface area contributed by atoms with Gasteiger partial charge in [-0.15, -0.1) is 0 Å². The molecule has 1 aliphatic heterocycles. The smallest absolute Gasteiger partial charge is 0.319 e. The predicted molar refractivity (Wildman–Crippen MR) is 90.5 cm³/mol. The molecule has 1 saturated heterocycles. The summed E-state index contributed by atoms with van der Waals surface area (Å²) in [5, 5.41) is 5.20. The molecular formula is C18H18FN3O2. The van der Waals surface area contributed by atoms with Crippen molar-refractivity contribution in [2.24, 2.45) is 0 Å². The quantitative estimate of drug-likeness (QED) is 0.910. The van der Waals surface area contributed by atoms with Crippen LogP contribution in [0.2, 0.25) is 0 Å². The minimum atomic E-state index is -0.583. The Kier molecular flexibility index (Phi) is 4.46. The summed E-state index contributed by atoms with van der Waals surface area (Å²) in [6, 6.07) is 12.7. The summed E-state index contributed by atoms with van der Waals surface area (Å²) in [5.41, 5.74) is 1.67. The molecule has 1 aliphatic rings. The van der Waals surface area contributed by atoms with Gasteiger partial charge in [0.15, 0.2) is 0 Å². The van der Waals surface area contributed by atoms with Gasteiger partial charge < -0.3 is 15.5 Å². The number of nitrogens with zero attached hydrogens (tertiary/aromatic N) is 1. The average Bonchev–Trinajstić information content (AvgIpc) is 2.92. The van der Waals surface area contributed by atoms with Crippen LogP contribution in [0.25, 0.3) is 0 Å². The third kappa shape index (κ3) is 3.37. The van der Waals surface area contributed by atoms with E-state index in [9.17, 15) is 14.0 Å². The highest BCUT2D eigenvalue weighted by atomic mass is 19.1. The Morgan fingerprint density at radius 3 is 2.67 bits per heavy atom. The van der Waals surface area contributed by atoms with Crippen LogP contribution in [-0.4, -0.2) is 24.5 Å². The summed E-state index contributed by atoms with van der Waals surface area (Å²) in [6.07, 6.45) is 0.531. The summed E-state index contributed by atoms with van der Waals surface area (Å²) in [6.45, 7) is 2.20. The molecule has 1 unspecified atom stereocenters. The number of rotatable bonds is 3. The van der Waals surface area contributed by atoms with Crippen molar-refractivity contribution in [3.8, 4) is 0 Å². The lowest BCUT2D eigenvalue weighted by atomic mass is 10.2. The molecule has 124 valence electrons. The van der Waals surface area contributed by atoms with Crippen molar-refractivity contribution >= 4 is 23.3 Å².